The van der Waals surface area contributed by atoms with Gasteiger partial charge in [0.15, 0.2) is 18.3 Å². The van der Waals surface area contributed by atoms with Crippen molar-refractivity contribution in [1.29, 1.82) is 0 Å². The summed E-state index contributed by atoms with van der Waals surface area (Å²) in [5.74, 6) is -2.19. The van der Waals surface area contributed by atoms with Gasteiger partial charge < -0.3 is 14.5 Å². The number of aromatic nitrogens is 1. The standard InChI is InChI=1S/C21H18F2N2O4S/c1-30-15-4-2-3-14(10-15)25-19(26)12-28-21(27)8-7-20-24-11-18(29-20)16-6-5-13(22)9-17(16)23/h2-6,9-11H,7-8,12H2,1H3,(H,25,26). The SMILES string of the molecule is CSc1cccc(NC(=O)COC(=O)CCc2ncc(-c3ccc(F)cc3F)o2)c1. The molecule has 0 atom stereocenters. The number of hydrogen-bond donors (Lipinski definition) is 1. The monoisotopic (exact) mass is 432 g/mol. The summed E-state index contributed by atoms with van der Waals surface area (Å²) >= 11 is 1.55. The maximum Gasteiger partial charge on any atom is 0.306 e. The van der Waals surface area contributed by atoms with Crippen LogP contribution in [0.5, 0.6) is 0 Å². The molecule has 3 aromatic rings. The lowest BCUT2D eigenvalue weighted by atomic mass is 10.2. The van der Waals surface area contributed by atoms with Gasteiger partial charge in [0.05, 0.1) is 18.2 Å². The van der Waals surface area contributed by atoms with Crippen LogP contribution in [0, 0.1) is 11.6 Å². The van der Waals surface area contributed by atoms with E-state index in [1.807, 2.05) is 24.5 Å². The molecule has 0 aliphatic heterocycles. The van der Waals surface area contributed by atoms with E-state index in [0.717, 1.165) is 17.0 Å². The number of halogens is 2. The average molecular weight is 432 g/mol. The first-order valence-electron chi connectivity index (χ1n) is 8.94. The summed E-state index contributed by atoms with van der Waals surface area (Å²) in [4.78, 5) is 28.8. The Morgan fingerprint density at radius 2 is 2.03 bits per heavy atom. The topological polar surface area (TPSA) is 81.4 Å². The Morgan fingerprint density at radius 3 is 2.80 bits per heavy atom. The number of amides is 1. The molecule has 0 aliphatic carbocycles. The summed E-state index contributed by atoms with van der Waals surface area (Å²) in [5.41, 5.74) is 0.683. The Kier molecular flexibility index (Phi) is 7.18. The van der Waals surface area contributed by atoms with Gasteiger partial charge in [-0.15, -0.1) is 11.8 Å². The minimum absolute atomic E-state index is 0.0684. The number of hydrogen-bond acceptors (Lipinski definition) is 6. The summed E-state index contributed by atoms with van der Waals surface area (Å²) in [6.45, 7) is -0.417. The Labute approximate surface area is 175 Å². The Balaban J connectivity index is 1.45. The zero-order chi connectivity index (χ0) is 21.5. The minimum atomic E-state index is -0.772. The molecule has 30 heavy (non-hydrogen) atoms. The molecule has 0 bridgehead atoms. The van der Waals surface area contributed by atoms with E-state index in [1.165, 1.54) is 12.3 Å². The first-order chi connectivity index (χ1) is 14.4. The van der Waals surface area contributed by atoms with Crippen molar-refractivity contribution in [2.45, 2.75) is 17.7 Å². The van der Waals surface area contributed by atoms with Crippen LogP contribution in [0.3, 0.4) is 0 Å². The first-order valence-corrected chi connectivity index (χ1v) is 10.2. The van der Waals surface area contributed by atoms with Gasteiger partial charge in [0.2, 0.25) is 0 Å². The van der Waals surface area contributed by atoms with E-state index >= 15 is 0 Å². The molecule has 156 valence electrons. The molecular formula is C21H18F2N2O4S. The van der Waals surface area contributed by atoms with E-state index in [4.69, 9.17) is 9.15 Å². The lowest BCUT2D eigenvalue weighted by molar-refractivity contribution is -0.147. The summed E-state index contributed by atoms with van der Waals surface area (Å²) in [6, 6.07) is 10.4. The van der Waals surface area contributed by atoms with Crippen LogP contribution in [-0.2, 0) is 20.7 Å². The van der Waals surface area contributed by atoms with E-state index < -0.39 is 30.1 Å². The van der Waals surface area contributed by atoms with Crippen LogP contribution < -0.4 is 5.32 Å². The number of nitrogens with one attached hydrogen (secondary N) is 1. The van der Waals surface area contributed by atoms with Crippen molar-refractivity contribution < 1.29 is 27.5 Å². The molecule has 0 unspecified atom stereocenters. The van der Waals surface area contributed by atoms with Crippen LogP contribution in [0.15, 0.2) is 58.0 Å². The number of oxazole rings is 1. The molecule has 0 aliphatic rings. The van der Waals surface area contributed by atoms with E-state index in [9.17, 15) is 18.4 Å². The van der Waals surface area contributed by atoms with Gasteiger partial charge in [-0.1, -0.05) is 6.07 Å². The summed E-state index contributed by atoms with van der Waals surface area (Å²) in [5, 5.41) is 2.65. The highest BCUT2D eigenvalue weighted by molar-refractivity contribution is 7.98. The van der Waals surface area contributed by atoms with Crippen LogP contribution in [-0.4, -0.2) is 29.7 Å². The predicted molar refractivity (Wildman–Crippen MR) is 108 cm³/mol. The molecule has 3 rings (SSSR count). The number of nitrogens with zero attached hydrogens (tertiary/aromatic N) is 1. The van der Waals surface area contributed by atoms with Crippen molar-refractivity contribution in [1.82, 2.24) is 4.98 Å². The third-order valence-electron chi connectivity index (χ3n) is 4.01. The predicted octanol–water partition coefficient (Wildman–Crippen LogP) is 4.46. The van der Waals surface area contributed by atoms with Crippen LogP contribution in [0.25, 0.3) is 11.3 Å². The first kappa shape index (κ1) is 21.5. The number of carbonyl (C=O) groups is 2. The van der Waals surface area contributed by atoms with Gasteiger partial charge in [-0.05, 0) is 36.6 Å². The van der Waals surface area contributed by atoms with Crippen LogP contribution in [0.4, 0.5) is 14.5 Å². The number of thioether (sulfide) groups is 1. The number of anilines is 1. The van der Waals surface area contributed by atoms with E-state index in [1.54, 1.807) is 17.8 Å². The molecule has 2 aromatic carbocycles. The maximum absolute atomic E-state index is 13.8. The van der Waals surface area contributed by atoms with E-state index in [-0.39, 0.29) is 30.1 Å². The molecule has 1 aromatic heterocycles. The Bertz CT molecular complexity index is 1050. The zero-order valence-corrected chi connectivity index (χ0v) is 16.8. The smallest absolute Gasteiger partial charge is 0.306 e. The second kappa shape index (κ2) is 10.0. The summed E-state index contributed by atoms with van der Waals surface area (Å²) in [7, 11) is 0. The molecule has 1 N–H and O–H groups in total. The number of benzene rings is 2. The number of rotatable bonds is 8. The van der Waals surface area contributed by atoms with Crippen LogP contribution in [0.2, 0.25) is 0 Å². The molecule has 1 heterocycles. The van der Waals surface area contributed by atoms with Crippen LogP contribution >= 0.6 is 11.8 Å². The number of esters is 1. The van der Waals surface area contributed by atoms with E-state index in [2.05, 4.69) is 10.3 Å². The number of carbonyl (C=O) groups excluding carboxylic acids is 2. The Hall–Kier alpha value is -3.20. The molecule has 0 fully saturated rings. The zero-order valence-electron chi connectivity index (χ0n) is 16.0. The molecule has 6 nitrogen and oxygen atoms in total. The fourth-order valence-corrected chi connectivity index (χ4v) is 3.02. The summed E-state index contributed by atoms with van der Waals surface area (Å²) < 4.78 is 37.1. The van der Waals surface area contributed by atoms with Crippen molar-refractivity contribution in [3.05, 3.63) is 66.2 Å². The molecule has 0 radical (unpaired) electrons. The second-order valence-electron chi connectivity index (χ2n) is 6.18. The van der Waals surface area contributed by atoms with Gasteiger partial charge in [0.25, 0.3) is 5.91 Å². The number of ether oxygens (including phenoxy) is 1. The third-order valence-corrected chi connectivity index (χ3v) is 4.74. The normalized spacial score (nSPS) is 10.6. The number of aryl methyl sites for hydroxylation is 1. The van der Waals surface area contributed by atoms with Crippen molar-refractivity contribution in [3.63, 3.8) is 0 Å². The Morgan fingerprint density at radius 1 is 1.20 bits per heavy atom. The van der Waals surface area contributed by atoms with Gasteiger partial charge >= 0.3 is 5.97 Å². The fraction of sp³-hybridized carbons (Fsp3) is 0.190. The maximum atomic E-state index is 13.8. The van der Waals surface area contributed by atoms with Crippen LogP contribution in [0.1, 0.15) is 12.3 Å². The molecule has 0 saturated carbocycles. The highest BCUT2D eigenvalue weighted by Crippen LogP contribution is 2.24. The molecule has 0 spiro atoms. The molecule has 9 heteroatoms. The summed E-state index contributed by atoms with van der Waals surface area (Å²) in [6.07, 6.45) is 3.27. The van der Waals surface area contributed by atoms with Crippen molar-refractivity contribution >= 4 is 29.3 Å². The van der Waals surface area contributed by atoms with Crippen molar-refractivity contribution in [2.24, 2.45) is 0 Å². The lowest BCUT2D eigenvalue weighted by Crippen LogP contribution is -2.21. The third kappa shape index (κ3) is 5.90. The van der Waals surface area contributed by atoms with Gasteiger partial charge in [-0.3, -0.25) is 9.59 Å². The quantitative estimate of drug-likeness (QED) is 0.418. The highest BCUT2D eigenvalue weighted by Gasteiger charge is 2.14. The fourth-order valence-electron chi connectivity index (χ4n) is 2.56. The average Bonchev–Trinajstić information content (AvgIpc) is 3.19. The minimum Gasteiger partial charge on any atom is -0.456 e. The van der Waals surface area contributed by atoms with Crippen molar-refractivity contribution in [2.75, 3.05) is 18.2 Å². The van der Waals surface area contributed by atoms with E-state index in [0.29, 0.717) is 5.69 Å². The van der Waals surface area contributed by atoms with Gasteiger partial charge in [0.1, 0.15) is 11.6 Å². The highest BCUT2D eigenvalue weighted by atomic mass is 32.2. The molecule has 1 amide bonds. The van der Waals surface area contributed by atoms with Crippen molar-refractivity contribution in [3.8, 4) is 11.3 Å². The van der Waals surface area contributed by atoms with Gasteiger partial charge in [-0.2, -0.15) is 0 Å². The largest absolute Gasteiger partial charge is 0.456 e. The van der Waals surface area contributed by atoms with Gasteiger partial charge in [-0.25, -0.2) is 13.8 Å². The molecule has 0 saturated heterocycles. The van der Waals surface area contributed by atoms with Gasteiger partial charge in [0, 0.05) is 23.1 Å². The lowest BCUT2D eigenvalue weighted by Gasteiger charge is -2.07. The molecular weight excluding hydrogens is 414 g/mol. The second-order valence-corrected chi connectivity index (χ2v) is 7.06.